The lowest BCUT2D eigenvalue weighted by Crippen LogP contribution is -2.46. The summed E-state index contributed by atoms with van der Waals surface area (Å²) in [6.07, 6.45) is -2.42. The molecule has 110 valence electrons. The summed E-state index contributed by atoms with van der Waals surface area (Å²) in [5, 5.41) is 2.54. The van der Waals surface area contributed by atoms with Gasteiger partial charge in [0.1, 0.15) is 0 Å². The molecule has 0 aromatic heterocycles. The number of alkyl carbamates (subject to hydrolysis) is 1. The van der Waals surface area contributed by atoms with Crippen molar-refractivity contribution in [2.45, 2.75) is 10.0 Å². The number of benzene rings is 1. The van der Waals surface area contributed by atoms with E-state index in [1.165, 1.54) is 24.3 Å². The number of halogens is 4. The molecule has 0 aliphatic heterocycles. The van der Waals surface area contributed by atoms with Gasteiger partial charge in [-0.15, -0.1) is 0 Å². The first-order chi connectivity index (χ1) is 9.24. The maximum absolute atomic E-state index is 11.8. The molecule has 5 nitrogen and oxygen atoms in total. The van der Waals surface area contributed by atoms with Gasteiger partial charge < -0.3 is 9.47 Å². The summed E-state index contributed by atoms with van der Waals surface area (Å²) in [5.41, 5.74) is 0.181. The van der Waals surface area contributed by atoms with E-state index in [1.54, 1.807) is 0 Å². The van der Waals surface area contributed by atoms with Gasteiger partial charge in [-0.25, -0.2) is 9.59 Å². The third-order valence-electron chi connectivity index (χ3n) is 2.04. The summed E-state index contributed by atoms with van der Waals surface area (Å²) >= 11 is 22.6. The molecule has 1 aromatic carbocycles. The van der Waals surface area contributed by atoms with Crippen LogP contribution in [0, 0.1) is 0 Å². The van der Waals surface area contributed by atoms with Gasteiger partial charge in [0.15, 0.2) is 0 Å². The Morgan fingerprint density at radius 3 is 2.20 bits per heavy atom. The van der Waals surface area contributed by atoms with Crippen molar-refractivity contribution in [1.82, 2.24) is 5.32 Å². The van der Waals surface area contributed by atoms with Crippen LogP contribution in [0.25, 0.3) is 0 Å². The third kappa shape index (κ3) is 5.25. The van der Waals surface area contributed by atoms with E-state index in [0.29, 0.717) is 5.02 Å². The molecule has 1 amide bonds. The molecule has 0 radical (unpaired) electrons. The number of nitrogens with one attached hydrogen (secondary N) is 1. The highest BCUT2D eigenvalue weighted by Gasteiger charge is 2.38. The van der Waals surface area contributed by atoms with E-state index in [0.717, 1.165) is 7.11 Å². The number of ether oxygens (including phenoxy) is 2. The van der Waals surface area contributed by atoms with Crippen LogP contribution in [0.15, 0.2) is 24.3 Å². The number of hydrogen-bond acceptors (Lipinski definition) is 4. The van der Waals surface area contributed by atoms with E-state index in [9.17, 15) is 9.59 Å². The number of hydrogen-bond donors (Lipinski definition) is 1. The average molecular weight is 361 g/mol. The largest absolute Gasteiger partial charge is 0.453 e. The minimum Gasteiger partial charge on any atom is -0.453 e. The average Bonchev–Trinajstić information content (AvgIpc) is 2.37. The molecular weight excluding hydrogens is 352 g/mol. The number of carbonyl (C=O) groups excluding carboxylic acids is 2. The second kappa shape index (κ2) is 7.22. The fraction of sp³-hybridized carbons (Fsp3) is 0.273. The van der Waals surface area contributed by atoms with Gasteiger partial charge in [0.05, 0.1) is 12.7 Å². The zero-order chi connectivity index (χ0) is 15.3. The molecule has 1 rings (SSSR count). The lowest BCUT2D eigenvalue weighted by atomic mass is 10.2. The number of esters is 1. The van der Waals surface area contributed by atoms with Crippen LogP contribution in [0.3, 0.4) is 0 Å². The number of amides is 1. The smallest absolute Gasteiger partial charge is 0.409 e. The van der Waals surface area contributed by atoms with E-state index < -0.39 is 22.1 Å². The SMILES string of the molecule is COC(=O)N[C@H](OC(=O)c1ccc(Cl)cc1)C(Cl)(Cl)Cl. The highest BCUT2D eigenvalue weighted by molar-refractivity contribution is 6.68. The summed E-state index contributed by atoms with van der Waals surface area (Å²) in [7, 11) is 1.12. The highest BCUT2D eigenvalue weighted by atomic mass is 35.6. The number of alkyl halides is 3. The second-order valence-electron chi connectivity index (χ2n) is 3.47. The van der Waals surface area contributed by atoms with Crippen LogP contribution < -0.4 is 5.32 Å². The zero-order valence-corrected chi connectivity index (χ0v) is 13.1. The van der Waals surface area contributed by atoms with Gasteiger partial charge >= 0.3 is 12.1 Å². The van der Waals surface area contributed by atoms with Crippen molar-refractivity contribution in [3.63, 3.8) is 0 Å². The minimum absolute atomic E-state index is 0.181. The van der Waals surface area contributed by atoms with Crippen molar-refractivity contribution < 1.29 is 19.1 Å². The molecule has 0 fully saturated rings. The van der Waals surface area contributed by atoms with E-state index in [-0.39, 0.29) is 5.56 Å². The standard InChI is InChI=1S/C11H9Cl4NO4/c1-19-10(18)16-9(11(13,14)15)20-8(17)6-2-4-7(12)5-3-6/h2-5,9H,1H3,(H,16,18)/t9-/m1/s1. The topological polar surface area (TPSA) is 64.6 Å². The van der Waals surface area contributed by atoms with Crippen molar-refractivity contribution in [3.8, 4) is 0 Å². The van der Waals surface area contributed by atoms with Gasteiger partial charge in [-0.3, -0.25) is 5.32 Å². The van der Waals surface area contributed by atoms with Crippen LogP contribution >= 0.6 is 46.4 Å². The van der Waals surface area contributed by atoms with E-state index in [2.05, 4.69) is 10.1 Å². The van der Waals surface area contributed by atoms with Gasteiger partial charge in [-0.1, -0.05) is 46.4 Å². The van der Waals surface area contributed by atoms with Gasteiger partial charge in [0.25, 0.3) is 0 Å². The first-order valence-electron chi connectivity index (χ1n) is 5.12. The highest BCUT2D eigenvalue weighted by Crippen LogP contribution is 2.31. The number of carbonyl (C=O) groups is 2. The van der Waals surface area contributed by atoms with Crippen LogP contribution in [-0.2, 0) is 9.47 Å². The van der Waals surface area contributed by atoms with Crippen molar-refractivity contribution >= 4 is 58.5 Å². The summed E-state index contributed by atoms with van der Waals surface area (Å²) in [6.45, 7) is 0. The Bertz CT molecular complexity index is 486. The molecule has 1 atom stereocenters. The maximum atomic E-state index is 11.8. The normalized spacial score (nSPS) is 12.4. The molecule has 0 unspecified atom stereocenters. The van der Waals surface area contributed by atoms with Crippen LogP contribution in [0.2, 0.25) is 5.02 Å². The Labute approximate surface area is 135 Å². The molecular formula is C11H9Cl4NO4. The summed E-state index contributed by atoms with van der Waals surface area (Å²) in [5.74, 6) is -0.797. The molecule has 0 aliphatic carbocycles. The third-order valence-corrected chi connectivity index (χ3v) is 2.88. The molecule has 0 aliphatic rings. The first kappa shape index (κ1) is 17.2. The number of rotatable bonds is 3. The molecule has 0 spiro atoms. The van der Waals surface area contributed by atoms with Crippen LogP contribution in [0.5, 0.6) is 0 Å². The molecule has 0 saturated carbocycles. The summed E-state index contributed by atoms with van der Waals surface area (Å²) in [6, 6.07) is 5.85. The summed E-state index contributed by atoms with van der Waals surface area (Å²) < 4.78 is 7.21. The van der Waals surface area contributed by atoms with Crippen molar-refractivity contribution in [3.05, 3.63) is 34.9 Å². The van der Waals surface area contributed by atoms with Crippen molar-refractivity contribution in [2.24, 2.45) is 0 Å². The quantitative estimate of drug-likeness (QED) is 0.508. The minimum atomic E-state index is -2.06. The monoisotopic (exact) mass is 359 g/mol. The Kier molecular flexibility index (Phi) is 6.20. The molecule has 20 heavy (non-hydrogen) atoms. The molecule has 0 heterocycles. The Morgan fingerprint density at radius 1 is 1.20 bits per heavy atom. The van der Waals surface area contributed by atoms with Gasteiger partial charge in [0, 0.05) is 5.02 Å². The number of methoxy groups -OCH3 is 1. The van der Waals surface area contributed by atoms with Crippen LogP contribution in [0.1, 0.15) is 10.4 Å². The molecule has 9 heteroatoms. The van der Waals surface area contributed by atoms with Gasteiger partial charge in [-0.2, -0.15) is 0 Å². The van der Waals surface area contributed by atoms with Crippen molar-refractivity contribution in [1.29, 1.82) is 0 Å². The lowest BCUT2D eigenvalue weighted by Gasteiger charge is -2.24. The molecule has 0 saturated heterocycles. The Hall–Kier alpha value is -0.880. The van der Waals surface area contributed by atoms with Crippen LogP contribution in [0.4, 0.5) is 4.79 Å². The molecule has 0 bridgehead atoms. The first-order valence-corrected chi connectivity index (χ1v) is 6.63. The fourth-order valence-corrected chi connectivity index (χ4v) is 1.53. The van der Waals surface area contributed by atoms with E-state index in [1.807, 2.05) is 0 Å². The zero-order valence-electron chi connectivity index (χ0n) is 10.0. The second-order valence-corrected chi connectivity index (χ2v) is 6.28. The molecule has 1 N–H and O–H groups in total. The maximum Gasteiger partial charge on any atom is 0.409 e. The van der Waals surface area contributed by atoms with Gasteiger partial charge in [0.2, 0.25) is 10.0 Å². The van der Waals surface area contributed by atoms with Crippen LogP contribution in [-0.4, -0.2) is 29.2 Å². The Balaban J connectivity index is 2.81. The predicted molar refractivity (Wildman–Crippen MR) is 76.5 cm³/mol. The lowest BCUT2D eigenvalue weighted by molar-refractivity contribution is 0.0227. The van der Waals surface area contributed by atoms with E-state index >= 15 is 0 Å². The van der Waals surface area contributed by atoms with Crippen molar-refractivity contribution in [2.75, 3.05) is 7.11 Å². The summed E-state index contributed by atoms with van der Waals surface area (Å²) in [4.78, 5) is 23.0. The molecule has 1 aromatic rings. The van der Waals surface area contributed by atoms with E-state index in [4.69, 9.17) is 51.1 Å². The fourth-order valence-electron chi connectivity index (χ4n) is 1.11. The predicted octanol–water partition coefficient (Wildman–Crippen LogP) is 3.55. The Morgan fingerprint density at radius 2 is 1.75 bits per heavy atom. The van der Waals surface area contributed by atoms with Gasteiger partial charge in [-0.05, 0) is 24.3 Å².